The quantitative estimate of drug-likeness (QED) is 0.487. The van der Waals surface area contributed by atoms with Gasteiger partial charge in [0.2, 0.25) is 0 Å². The number of para-hydroxylation sites is 1. The molecule has 1 aromatic carbocycles. The van der Waals surface area contributed by atoms with Gasteiger partial charge >= 0.3 is 0 Å². The maximum Gasteiger partial charge on any atom is 0.150 e. The summed E-state index contributed by atoms with van der Waals surface area (Å²) in [6, 6.07) is 16.6. The molecule has 2 aromatic heterocycles. The topological polar surface area (TPSA) is 86.9 Å². The molecule has 186 valence electrons. The SMILES string of the molecule is O[C@H]1CC[C@@H](Cc2cc(CN3CCN(c4ccccc4)CC3)on2)O[C@@H]1CNCc1cccnc1. The van der Waals surface area contributed by atoms with Crippen LogP contribution >= 0.6 is 0 Å². The third-order valence-corrected chi connectivity index (χ3v) is 6.90. The molecule has 3 aromatic rings. The number of pyridine rings is 1. The molecule has 3 atom stereocenters. The van der Waals surface area contributed by atoms with Gasteiger partial charge in [0.25, 0.3) is 0 Å². The predicted molar refractivity (Wildman–Crippen MR) is 134 cm³/mol. The summed E-state index contributed by atoms with van der Waals surface area (Å²) in [6.45, 7) is 6.12. The number of piperazine rings is 1. The van der Waals surface area contributed by atoms with Crippen molar-refractivity contribution in [2.24, 2.45) is 0 Å². The van der Waals surface area contributed by atoms with Crippen LogP contribution in [-0.2, 0) is 24.2 Å². The van der Waals surface area contributed by atoms with Crippen LogP contribution in [0, 0.1) is 0 Å². The summed E-state index contributed by atoms with van der Waals surface area (Å²) in [5, 5.41) is 18.1. The molecule has 0 unspecified atom stereocenters. The minimum Gasteiger partial charge on any atom is -0.390 e. The van der Waals surface area contributed by atoms with Crippen molar-refractivity contribution in [2.75, 3.05) is 37.6 Å². The van der Waals surface area contributed by atoms with Crippen LogP contribution in [0.15, 0.2) is 65.4 Å². The molecule has 0 spiro atoms. The summed E-state index contributed by atoms with van der Waals surface area (Å²) in [4.78, 5) is 8.98. The molecule has 8 heteroatoms. The van der Waals surface area contributed by atoms with E-state index in [-0.39, 0.29) is 12.2 Å². The number of benzene rings is 1. The van der Waals surface area contributed by atoms with Crippen molar-refractivity contribution in [3.8, 4) is 0 Å². The Labute approximate surface area is 206 Å². The van der Waals surface area contributed by atoms with E-state index in [2.05, 4.69) is 61.7 Å². The van der Waals surface area contributed by atoms with E-state index in [1.54, 1.807) is 6.20 Å². The van der Waals surface area contributed by atoms with Crippen molar-refractivity contribution < 1.29 is 14.4 Å². The Morgan fingerprint density at radius 1 is 1.03 bits per heavy atom. The highest BCUT2D eigenvalue weighted by Crippen LogP contribution is 2.23. The molecule has 2 fully saturated rings. The van der Waals surface area contributed by atoms with Gasteiger partial charge in [0.05, 0.1) is 30.6 Å². The fraction of sp³-hybridized carbons (Fsp3) is 0.481. The first kappa shape index (κ1) is 23.9. The van der Waals surface area contributed by atoms with E-state index < -0.39 is 6.10 Å². The number of aliphatic hydroxyl groups is 1. The van der Waals surface area contributed by atoms with E-state index in [0.29, 0.717) is 19.5 Å². The van der Waals surface area contributed by atoms with Crippen LogP contribution in [0.5, 0.6) is 0 Å². The Bertz CT molecular complexity index is 1020. The van der Waals surface area contributed by atoms with Crippen molar-refractivity contribution in [2.45, 2.75) is 50.7 Å². The third-order valence-electron chi connectivity index (χ3n) is 6.90. The summed E-state index contributed by atoms with van der Waals surface area (Å²) in [5.41, 5.74) is 3.33. The minimum absolute atomic E-state index is 0.0379. The molecule has 2 N–H and O–H groups in total. The summed E-state index contributed by atoms with van der Waals surface area (Å²) < 4.78 is 11.9. The average molecular weight is 478 g/mol. The molecule has 0 saturated carbocycles. The Balaban J connectivity index is 1.06. The average Bonchev–Trinajstić information content (AvgIpc) is 3.34. The van der Waals surface area contributed by atoms with Crippen LogP contribution in [0.1, 0.15) is 29.9 Å². The number of nitrogens with zero attached hydrogens (tertiary/aromatic N) is 4. The molecule has 0 aliphatic carbocycles. The maximum absolute atomic E-state index is 10.4. The molecule has 8 nitrogen and oxygen atoms in total. The van der Waals surface area contributed by atoms with Crippen LogP contribution in [-0.4, -0.2) is 71.2 Å². The Kier molecular flexibility index (Phi) is 8.05. The number of rotatable bonds is 9. The van der Waals surface area contributed by atoms with Gasteiger partial charge in [-0.25, -0.2) is 0 Å². The van der Waals surface area contributed by atoms with E-state index in [1.807, 2.05) is 18.3 Å². The number of anilines is 1. The molecule has 0 amide bonds. The van der Waals surface area contributed by atoms with Gasteiger partial charge in [0, 0.05) is 69.8 Å². The first-order chi connectivity index (χ1) is 17.2. The monoisotopic (exact) mass is 477 g/mol. The van der Waals surface area contributed by atoms with Crippen LogP contribution in [0.2, 0.25) is 0 Å². The third kappa shape index (κ3) is 6.67. The lowest BCUT2D eigenvalue weighted by Gasteiger charge is -2.35. The zero-order valence-corrected chi connectivity index (χ0v) is 20.1. The number of aliphatic hydroxyl groups excluding tert-OH is 1. The second-order valence-electron chi connectivity index (χ2n) is 9.52. The van der Waals surface area contributed by atoms with Gasteiger partial charge in [-0.1, -0.05) is 29.4 Å². The van der Waals surface area contributed by atoms with Gasteiger partial charge in [0.15, 0.2) is 5.76 Å². The first-order valence-corrected chi connectivity index (χ1v) is 12.6. The summed E-state index contributed by atoms with van der Waals surface area (Å²) in [7, 11) is 0. The van der Waals surface area contributed by atoms with E-state index in [4.69, 9.17) is 9.26 Å². The highest BCUT2D eigenvalue weighted by Gasteiger charge is 2.30. The molecule has 5 rings (SSSR count). The van der Waals surface area contributed by atoms with E-state index in [9.17, 15) is 5.11 Å². The standard InChI is InChI=1S/C27H35N5O3/c33-26-9-8-24(34-27(26)19-29-18-21-5-4-10-28-17-21)15-22-16-25(35-30-22)20-31-11-13-32(14-12-31)23-6-2-1-3-7-23/h1-7,10,16-17,24,26-27,29,33H,8-9,11-15,18-20H2/t24-,26-,27+/m0/s1. The minimum atomic E-state index is -0.449. The van der Waals surface area contributed by atoms with Crippen LogP contribution in [0.25, 0.3) is 0 Å². The molecule has 4 heterocycles. The second kappa shape index (κ2) is 11.8. The highest BCUT2D eigenvalue weighted by atomic mass is 16.5. The van der Waals surface area contributed by atoms with E-state index >= 15 is 0 Å². The summed E-state index contributed by atoms with van der Waals surface area (Å²) in [6.07, 6.45) is 5.24. The van der Waals surface area contributed by atoms with Crippen molar-refractivity contribution in [3.63, 3.8) is 0 Å². The Morgan fingerprint density at radius 2 is 1.89 bits per heavy atom. The number of hydrogen-bond donors (Lipinski definition) is 2. The fourth-order valence-electron chi connectivity index (χ4n) is 4.93. The van der Waals surface area contributed by atoms with Gasteiger partial charge in [0.1, 0.15) is 0 Å². The van der Waals surface area contributed by atoms with E-state index in [1.165, 1.54) is 5.69 Å². The lowest BCUT2D eigenvalue weighted by molar-refractivity contribution is -0.115. The molecule has 2 aliphatic heterocycles. The second-order valence-corrected chi connectivity index (χ2v) is 9.52. The van der Waals surface area contributed by atoms with Crippen LogP contribution < -0.4 is 10.2 Å². The highest BCUT2D eigenvalue weighted by molar-refractivity contribution is 5.46. The van der Waals surface area contributed by atoms with Crippen molar-refractivity contribution in [1.82, 2.24) is 20.4 Å². The number of hydrogen-bond acceptors (Lipinski definition) is 8. The molecular weight excluding hydrogens is 442 g/mol. The normalized spacial score (nSPS) is 23.5. The number of aromatic nitrogens is 2. The predicted octanol–water partition coefficient (Wildman–Crippen LogP) is 2.63. The zero-order chi connectivity index (χ0) is 23.9. The van der Waals surface area contributed by atoms with Crippen molar-refractivity contribution >= 4 is 5.69 Å². The fourth-order valence-corrected chi connectivity index (χ4v) is 4.93. The van der Waals surface area contributed by atoms with Gasteiger partial charge in [-0.15, -0.1) is 0 Å². The zero-order valence-electron chi connectivity index (χ0n) is 20.1. The molecular formula is C27H35N5O3. The Morgan fingerprint density at radius 3 is 2.69 bits per heavy atom. The molecule has 2 saturated heterocycles. The van der Waals surface area contributed by atoms with Gasteiger partial charge in [-0.05, 0) is 36.6 Å². The summed E-state index contributed by atoms with van der Waals surface area (Å²) >= 11 is 0. The van der Waals surface area contributed by atoms with Crippen LogP contribution in [0.3, 0.4) is 0 Å². The molecule has 0 bridgehead atoms. The lowest BCUT2D eigenvalue weighted by atomic mass is 9.98. The van der Waals surface area contributed by atoms with Crippen LogP contribution in [0.4, 0.5) is 5.69 Å². The van der Waals surface area contributed by atoms with Gasteiger partial charge in [-0.2, -0.15) is 0 Å². The molecule has 2 aliphatic rings. The Hall–Kier alpha value is -2.78. The summed E-state index contributed by atoms with van der Waals surface area (Å²) in [5.74, 6) is 0.902. The van der Waals surface area contributed by atoms with E-state index in [0.717, 1.165) is 62.6 Å². The number of nitrogens with one attached hydrogen (secondary N) is 1. The maximum atomic E-state index is 10.4. The number of ether oxygens (including phenoxy) is 1. The first-order valence-electron chi connectivity index (χ1n) is 12.6. The van der Waals surface area contributed by atoms with Crippen molar-refractivity contribution in [3.05, 3.63) is 77.9 Å². The lowest BCUT2D eigenvalue weighted by Crippen LogP contribution is -2.45. The van der Waals surface area contributed by atoms with Gasteiger partial charge in [-0.3, -0.25) is 9.88 Å². The smallest absolute Gasteiger partial charge is 0.150 e. The molecule has 35 heavy (non-hydrogen) atoms. The van der Waals surface area contributed by atoms with Crippen molar-refractivity contribution in [1.29, 1.82) is 0 Å². The molecule has 0 radical (unpaired) electrons. The largest absolute Gasteiger partial charge is 0.390 e. The van der Waals surface area contributed by atoms with Gasteiger partial charge < -0.3 is 24.6 Å².